The topological polar surface area (TPSA) is 29.9 Å². The van der Waals surface area contributed by atoms with Crippen molar-refractivity contribution < 1.29 is 4.74 Å². The summed E-state index contributed by atoms with van der Waals surface area (Å²) in [5.74, 6) is 0.975. The summed E-state index contributed by atoms with van der Waals surface area (Å²) in [5.41, 5.74) is 1.27. The Kier molecular flexibility index (Phi) is 4.54. The first-order valence-corrected chi connectivity index (χ1v) is 5.74. The van der Waals surface area contributed by atoms with Gasteiger partial charge in [0.05, 0.1) is 6.61 Å². The lowest BCUT2D eigenvalue weighted by atomic mass is 10.1. The number of hydrogen-bond donors (Lipinski definition) is 1. The molecule has 4 heteroatoms. The van der Waals surface area contributed by atoms with Gasteiger partial charge in [0.2, 0.25) is 0 Å². The fourth-order valence-corrected chi connectivity index (χ4v) is 1.96. The molecule has 0 spiro atoms. The smallest absolute Gasteiger partial charge is 0.177 e. The average Bonchev–Trinajstić information content (AvgIpc) is 2.48. The number of ether oxygens (including phenoxy) is 1. The van der Waals surface area contributed by atoms with Gasteiger partial charge in [0.25, 0.3) is 0 Å². The Morgan fingerprint density at radius 2 is 2.13 bits per heavy atom. The summed E-state index contributed by atoms with van der Waals surface area (Å²) in [6, 6.07) is 0. The van der Waals surface area contributed by atoms with Gasteiger partial charge in [-0.15, -0.1) is 0 Å². The Balaban J connectivity index is 2.83. The minimum Gasteiger partial charge on any atom is -0.384 e. The Hall–Kier alpha value is -0.610. The fraction of sp³-hybridized carbons (Fsp3) is 0.727. The first-order valence-electron chi connectivity index (χ1n) is 5.33. The molecule has 1 aromatic rings. The molecule has 0 aliphatic rings. The summed E-state index contributed by atoms with van der Waals surface area (Å²) in [4.78, 5) is 3.10. The predicted molar refractivity (Wildman–Crippen MR) is 64.7 cm³/mol. The summed E-state index contributed by atoms with van der Waals surface area (Å²) >= 11 is 5.26. The normalized spacial score (nSPS) is 13.4. The zero-order chi connectivity index (χ0) is 11.4. The molecule has 86 valence electrons. The molecule has 0 radical (unpaired) electrons. The van der Waals surface area contributed by atoms with E-state index in [4.69, 9.17) is 17.0 Å². The standard InChI is InChI=1S/C11H20N2OS/c1-8(2)10-5-12-11(15)13(10)6-9(3)7-14-4/h5,8-9H,6-7H2,1-4H3,(H,12,15). The second kappa shape index (κ2) is 5.47. The van der Waals surface area contributed by atoms with Gasteiger partial charge in [-0.05, 0) is 24.1 Å². The molecule has 1 atom stereocenters. The van der Waals surface area contributed by atoms with Crippen molar-refractivity contribution >= 4 is 12.2 Å². The van der Waals surface area contributed by atoms with Crippen molar-refractivity contribution in [1.29, 1.82) is 0 Å². The monoisotopic (exact) mass is 228 g/mol. The maximum absolute atomic E-state index is 5.26. The summed E-state index contributed by atoms with van der Waals surface area (Å²) in [7, 11) is 1.73. The highest BCUT2D eigenvalue weighted by Gasteiger charge is 2.10. The molecule has 1 rings (SSSR count). The van der Waals surface area contributed by atoms with Gasteiger partial charge in [-0.3, -0.25) is 0 Å². The number of rotatable bonds is 5. The van der Waals surface area contributed by atoms with Gasteiger partial charge in [-0.1, -0.05) is 20.8 Å². The molecule has 3 nitrogen and oxygen atoms in total. The average molecular weight is 228 g/mol. The Labute approximate surface area is 96.5 Å². The Bertz CT molecular complexity index is 354. The summed E-state index contributed by atoms with van der Waals surface area (Å²) in [5, 5.41) is 0. The van der Waals surface area contributed by atoms with Crippen LogP contribution in [-0.4, -0.2) is 23.3 Å². The number of methoxy groups -OCH3 is 1. The van der Waals surface area contributed by atoms with Gasteiger partial charge in [-0.2, -0.15) is 0 Å². The van der Waals surface area contributed by atoms with E-state index in [1.165, 1.54) is 5.69 Å². The van der Waals surface area contributed by atoms with Crippen molar-refractivity contribution in [3.63, 3.8) is 0 Å². The quantitative estimate of drug-likeness (QED) is 0.785. The minimum absolute atomic E-state index is 0.481. The molecule has 1 N–H and O–H groups in total. The van der Waals surface area contributed by atoms with Gasteiger partial charge in [0.1, 0.15) is 0 Å². The molecule has 1 unspecified atom stereocenters. The molecule has 0 aromatic carbocycles. The maximum Gasteiger partial charge on any atom is 0.177 e. The highest BCUT2D eigenvalue weighted by atomic mass is 32.1. The Morgan fingerprint density at radius 3 is 2.67 bits per heavy atom. The summed E-state index contributed by atoms with van der Waals surface area (Å²) in [6.45, 7) is 8.21. The first-order chi connectivity index (χ1) is 7.06. The van der Waals surface area contributed by atoms with E-state index >= 15 is 0 Å². The van der Waals surface area contributed by atoms with Crippen LogP contribution < -0.4 is 0 Å². The van der Waals surface area contributed by atoms with Crippen molar-refractivity contribution in [3.8, 4) is 0 Å². The van der Waals surface area contributed by atoms with Gasteiger partial charge < -0.3 is 14.3 Å². The zero-order valence-corrected chi connectivity index (χ0v) is 10.7. The number of imidazole rings is 1. The fourth-order valence-electron chi connectivity index (χ4n) is 1.72. The van der Waals surface area contributed by atoms with Crippen LogP contribution in [0.4, 0.5) is 0 Å². The van der Waals surface area contributed by atoms with E-state index in [1.807, 2.05) is 6.20 Å². The maximum atomic E-state index is 5.26. The zero-order valence-electron chi connectivity index (χ0n) is 9.91. The van der Waals surface area contributed by atoms with E-state index in [0.717, 1.165) is 17.9 Å². The van der Waals surface area contributed by atoms with Gasteiger partial charge >= 0.3 is 0 Å². The van der Waals surface area contributed by atoms with E-state index in [0.29, 0.717) is 11.8 Å². The third-order valence-corrected chi connectivity index (χ3v) is 2.78. The third-order valence-electron chi connectivity index (χ3n) is 2.44. The molecule has 0 fully saturated rings. The van der Waals surface area contributed by atoms with Gasteiger partial charge in [0.15, 0.2) is 4.77 Å². The van der Waals surface area contributed by atoms with Crippen LogP contribution >= 0.6 is 12.2 Å². The van der Waals surface area contributed by atoms with Crippen LogP contribution in [0.15, 0.2) is 6.20 Å². The van der Waals surface area contributed by atoms with E-state index in [2.05, 4.69) is 30.3 Å². The minimum atomic E-state index is 0.481. The van der Waals surface area contributed by atoms with Crippen molar-refractivity contribution in [2.45, 2.75) is 33.2 Å². The van der Waals surface area contributed by atoms with Gasteiger partial charge in [0, 0.05) is 25.5 Å². The van der Waals surface area contributed by atoms with Crippen LogP contribution in [-0.2, 0) is 11.3 Å². The van der Waals surface area contributed by atoms with Crippen LogP contribution in [0.3, 0.4) is 0 Å². The van der Waals surface area contributed by atoms with Crippen LogP contribution in [0.1, 0.15) is 32.4 Å². The summed E-state index contributed by atoms with van der Waals surface area (Å²) < 4.78 is 8.11. The molecular formula is C11H20N2OS. The second-order valence-corrected chi connectivity index (χ2v) is 4.73. The van der Waals surface area contributed by atoms with E-state index in [1.54, 1.807) is 7.11 Å². The van der Waals surface area contributed by atoms with Crippen LogP contribution in [0, 0.1) is 10.7 Å². The van der Waals surface area contributed by atoms with Crippen molar-refractivity contribution in [2.75, 3.05) is 13.7 Å². The van der Waals surface area contributed by atoms with E-state index in [-0.39, 0.29) is 0 Å². The molecule has 0 saturated heterocycles. The first kappa shape index (κ1) is 12.5. The summed E-state index contributed by atoms with van der Waals surface area (Å²) in [6.07, 6.45) is 2.01. The van der Waals surface area contributed by atoms with Crippen LogP contribution in [0.2, 0.25) is 0 Å². The third kappa shape index (κ3) is 3.18. The number of aromatic amines is 1. The Morgan fingerprint density at radius 1 is 1.47 bits per heavy atom. The van der Waals surface area contributed by atoms with E-state index < -0.39 is 0 Å². The molecule has 0 saturated carbocycles. The lowest BCUT2D eigenvalue weighted by Crippen LogP contribution is -2.15. The lowest BCUT2D eigenvalue weighted by molar-refractivity contribution is 0.150. The molecule has 0 amide bonds. The van der Waals surface area contributed by atoms with Crippen molar-refractivity contribution in [2.24, 2.45) is 5.92 Å². The SMILES string of the molecule is COCC(C)Cn1c(C(C)C)c[nH]c1=S. The van der Waals surface area contributed by atoms with E-state index in [9.17, 15) is 0 Å². The lowest BCUT2D eigenvalue weighted by Gasteiger charge is -2.15. The number of aromatic nitrogens is 2. The number of nitrogens with zero attached hydrogens (tertiary/aromatic N) is 1. The number of H-pyrrole nitrogens is 1. The highest BCUT2D eigenvalue weighted by molar-refractivity contribution is 7.71. The molecule has 15 heavy (non-hydrogen) atoms. The molecule has 1 aromatic heterocycles. The van der Waals surface area contributed by atoms with Crippen LogP contribution in [0.25, 0.3) is 0 Å². The molecule has 1 heterocycles. The van der Waals surface area contributed by atoms with Gasteiger partial charge in [-0.25, -0.2) is 0 Å². The molecule has 0 aliphatic heterocycles. The predicted octanol–water partition coefficient (Wildman–Crippen LogP) is 2.95. The molecule has 0 bridgehead atoms. The second-order valence-electron chi connectivity index (χ2n) is 4.34. The van der Waals surface area contributed by atoms with Crippen LogP contribution in [0.5, 0.6) is 0 Å². The molecule has 0 aliphatic carbocycles. The van der Waals surface area contributed by atoms with Crippen molar-refractivity contribution in [3.05, 3.63) is 16.7 Å². The number of nitrogens with one attached hydrogen (secondary N) is 1. The van der Waals surface area contributed by atoms with Crippen molar-refractivity contribution in [1.82, 2.24) is 9.55 Å². The highest BCUT2D eigenvalue weighted by Crippen LogP contribution is 2.16. The largest absolute Gasteiger partial charge is 0.384 e. The number of hydrogen-bond acceptors (Lipinski definition) is 2. The molecular weight excluding hydrogens is 208 g/mol.